The second-order valence-electron chi connectivity index (χ2n) is 7.70. The molecule has 1 aromatic heterocycles. The predicted octanol–water partition coefficient (Wildman–Crippen LogP) is 0.357. The summed E-state index contributed by atoms with van der Waals surface area (Å²) in [6, 6.07) is 14.0. The fourth-order valence-electron chi connectivity index (χ4n) is 3.32. The lowest BCUT2D eigenvalue weighted by Gasteiger charge is -2.37. The molecule has 2 atom stereocenters. The quantitative estimate of drug-likeness (QED) is 0.631. The van der Waals surface area contributed by atoms with Gasteiger partial charge in [-0.05, 0) is 27.7 Å². The van der Waals surface area contributed by atoms with E-state index in [9.17, 15) is 10.4 Å². The maximum absolute atomic E-state index is 12.8. The average molecular weight is 328 g/mol. The van der Waals surface area contributed by atoms with Crippen LogP contribution in [-0.2, 0) is 6.54 Å². The molecule has 0 aliphatic carbocycles. The van der Waals surface area contributed by atoms with Gasteiger partial charge in [0.25, 0.3) is 0 Å². The highest BCUT2D eigenvalue weighted by atomic mass is 16.6. The predicted molar refractivity (Wildman–Crippen MR) is 91.7 cm³/mol. The van der Waals surface area contributed by atoms with Crippen molar-refractivity contribution in [3.05, 3.63) is 76.4 Å². The summed E-state index contributed by atoms with van der Waals surface area (Å²) in [7, 11) is 0. The fraction of sp³-hybridized carbons (Fsp3) is 0.421. The molecule has 0 bridgehead atoms. The molecule has 2 heterocycles. The molecule has 2 N–H and O–H groups in total. The van der Waals surface area contributed by atoms with Gasteiger partial charge in [-0.3, -0.25) is 0 Å². The smallest absolute Gasteiger partial charge is 0.241 e. The first-order valence-corrected chi connectivity index (χ1v) is 8.37. The third-order valence-electron chi connectivity index (χ3n) is 5.78. The van der Waals surface area contributed by atoms with E-state index < -0.39 is 17.2 Å². The summed E-state index contributed by atoms with van der Waals surface area (Å²) in [6.45, 7) is 8.29. The van der Waals surface area contributed by atoms with Gasteiger partial charge in [-0.25, -0.2) is 4.57 Å². The number of hydrogen-bond donors (Lipinski definition) is 2. The van der Waals surface area contributed by atoms with Crippen LogP contribution in [0.25, 0.3) is 0 Å². The Balaban J connectivity index is 1.83. The first kappa shape index (κ1) is 17.0. The van der Waals surface area contributed by atoms with E-state index in [2.05, 4.69) is 16.7 Å². The van der Waals surface area contributed by atoms with Crippen LogP contribution in [0, 0.1) is 10.4 Å². The van der Waals surface area contributed by atoms with Gasteiger partial charge < -0.3 is 20.5 Å². The van der Waals surface area contributed by atoms with Crippen LogP contribution >= 0.6 is 0 Å². The maximum atomic E-state index is 12.8. The lowest BCUT2D eigenvalue weighted by Crippen LogP contribution is -3.22. The van der Waals surface area contributed by atoms with Gasteiger partial charge in [0, 0.05) is 17.7 Å². The van der Waals surface area contributed by atoms with Gasteiger partial charge in [-0.15, -0.1) is 0 Å². The molecular weight excluding hydrogens is 302 g/mol. The highest BCUT2D eigenvalue weighted by Gasteiger charge is 2.60. The van der Waals surface area contributed by atoms with Crippen molar-refractivity contribution < 1.29 is 14.7 Å². The minimum Gasteiger partial charge on any atom is -0.629 e. The van der Waals surface area contributed by atoms with Crippen LogP contribution in [0.3, 0.4) is 0 Å². The second kappa shape index (κ2) is 5.93. The Labute approximate surface area is 143 Å². The first-order valence-electron chi connectivity index (χ1n) is 8.37. The van der Waals surface area contributed by atoms with Crippen LogP contribution in [0.1, 0.15) is 45.0 Å². The lowest BCUT2D eigenvalue weighted by atomic mass is 9.84. The summed E-state index contributed by atoms with van der Waals surface area (Å²) in [5, 5.41) is 25.7. The molecule has 1 aliphatic rings. The molecular formula is C19H26N3O2+. The Hall–Kier alpha value is -1.79. The Morgan fingerprint density at radius 1 is 0.875 bits per heavy atom. The van der Waals surface area contributed by atoms with Crippen molar-refractivity contribution >= 4 is 0 Å². The van der Waals surface area contributed by atoms with E-state index in [1.165, 1.54) is 5.56 Å². The van der Waals surface area contributed by atoms with Crippen LogP contribution in [0.15, 0.2) is 54.9 Å². The molecule has 24 heavy (non-hydrogen) atoms. The Morgan fingerprint density at radius 2 is 1.38 bits per heavy atom. The average Bonchev–Trinajstić information content (AvgIpc) is 2.67. The highest BCUT2D eigenvalue weighted by Crippen LogP contribution is 2.23. The fourth-order valence-corrected chi connectivity index (χ4v) is 3.32. The summed E-state index contributed by atoms with van der Waals surface area (Å²) in [6.07, 6.45) is 3.25. The van der Waals surface area contributed by atoms with Crippen molar-refractivity contribution in [3.63, 3.8) is 0 Å². The molecule has 0 amide bonds. The maximum Gasteiger partial charge on any atom is 0.241 e. The van der Waals surface area contributed by atoms with Crippen molar-refractivity contribution in [1.29, 1.82) is 0 Å². The molecule has 128 valence electrons. The molecule has 1 saturated heterocycles. The standard InChI is InChI=1S/C19H26N3O2/c1-18(2)19(3,4)22(24)17(21(18)23)16-10-12-20(13-11-16)14-15-8-6-5-7-9-15/h5-13,17,21-22H,14H2,1-4H3/q+1. The van der Waals surface area contributed by atoms with Gasteiger partial charge in [0.15, 0.2) is 30.0 Å². The van der Waals surface area contributed by atoms with Crippen molar-refractivity contribution in [2.24, 2.45) is 0 Å². The number of pyridine rings is 1. The van der Waals surface area contributed by atoms with Crippen molar-refractivity contribution in [1.82, 2.24) is 0 Å². The molecule has 0 saturated carbocycles. The Bertz CT molecular complexity index is 678. The second-order valence-corrected chi connectivity index (χ2v) is 7.70. The summed E-state index contributed by atoms with van der Waals surface area (Å²) in [5.41, 5.74) is 0.744. The zero-order valence-electron chi connectivity index (χ0n) is 14.7. The highest BCUT2D eigenvalue weighted by molar-refractivity contribution is 5.14. The number of nitrogens with zero attached hydrogens (tertiary/aromatic N) is 1. The molecule has 5 heteroatoms. The number of hydrogen-bond acceptors (Lipinski definition) is 2. The zero-order chi connectivity index (χ0) is 17.5. The molecule has 1 aromatic carbocycles. The van der Waals surface area contributed by atoms with Crippen LogP contribution in [0.4, 0.5) is 0 Å². The number of aromatic nitrogens is 1. The molecule has 1 aliphatic heterocycles. The third kappa shape index (κ3) is 2.63. The van der Waals surface area contributed by atoms with Crippen LogP contribution < -0.4 is 14.7 Å². The van der Waals surface area contributed by atoms with E-state index >= 15 is 0 Å². The Morgan fingerprint density at radius 3 is 1.88 bits per heavy atom. The first-order chi connectivity index (χ1) is 11.2. The summed E-state index contributed by atoms with van der Waals surface area (Å²) in [5.74, 6) is 0. The largest absolute Gasteiger partial charge is 0.629 e. The summed E-state index contributed by atoms with van der Waals surface area (Å²) in [4.78, 5) is 0. The monoisotopic (exact) mass is 328 g/mol. The molecule has 2 unspecified atom stereocenters. The van der Waals surface area contributed by atoms with E-state index in [-0.39, 0.29) is 10.1 Å². The van der Waals surface area contributed by atoms with E-state index in [0.717, 1.165) is 12.1 Å². The van der Waals surface area contributed by atoms with Crippen molar-refractivity contribution in [3.8, 4) is 0 Å². The molecule has 0 radical (unpaired) electrons. The molecule has 2 aromatic rings. The Kier molecular flexibility index (Phi) is 4.21. The normalized spacial score (nSPS) is 28.0. The van der Waals surface area contributed by atoms with Crippen molar-refractivity contribution in [2.45, 2.75) is 51.5 Å². The number of nitrogens with one attached hydrogen (secondary N) is 2. The molecule has 3 rings (SSSR count). The van der Waals surface area contributed by atoms with Crippen LogP contribution in [0.5, 0.6) is 0 Å². The summed E-state index contributed by atoms with van der Waals surface area (Å²) < 4.78 is 2.05. The minimum absolute atomic E-state index is 0.0262. The van der Waals surface area contributed by atoms with Gasteiger partial charge in [-0.1, -0.05) is 30.3 Å². The third-order valence-corrected chi connectivity index (χ3v) is 5.78. The van der Waals surface area contributed by atoms with Gasteiger partial charge in [0.2, 0.25) is 6.17 Å². The van der Waals surface area contributed by atoms with Crippen molar-refractivity contribution in [2.75, 3.05) is 0 Å². The van der Waals surface area contributed by atoms with Crippen LogP contribution in [0.2, 0.25) is 0 Å². The zero-order valence-corrected chi connectivity index (χ0v) is 14.7. The molecule has 0 spiro atoms. The number of benzene rings is 1. The van der Waals surface area contributed by atoms with E-state index in [4.69, 9.17) is 0 Å². The van der Waals surface area contributed by atoms with E-state index in [0.29, 0.717) is 0 Å². The number of rotatable bonds is 3. The van der Waals surface area contributed by atoms with Gasteiger partial charge in [0.1, 0.15) is 0 Å². The topological polar surface area (TPSA) is 58.9 Å². The molecule has 1 fully saturated rings. The molecule has 5 nitrogen and oxygen atoms in total. The SMILES string of the molecule is CC1(C)[NH+]([O-])C(c2cc[n+](Cc3ccccc3)cc2)[NH+]([O-])C1(C)C. The lowest BCUT2D eigenvalue weighted by molar-refractivity contribution is -1.05. The van der Waals surface area contributed by atoms with Gasteiger partial charge >= 0.3 is 0 Å². The number of quaternary nitrogens is 2. The minimum atomic E-state index is -0.638. The summed E-state index contributed by atoms with van der Waals surface area (Å²) >= 11 is 0. The van der Waals surface area contributed by atoms with E-state index in [1.54, 1.807) is 0 Å². The van der Waals surface area contributed by atoms with Crippen LogP contribution in [-0.4, -0.2) is 11.1 Å². The van der Waals surface area contributed by atoms with E-state index in [1.807, 2.05) is 70.4 Å². The van der Waals surface area contributed by atoms with Gasteiger partial charge in [0.05, 0.1) is 5.56 Å². The van der Waals surface area contributed by atoms with Gasteiger partial charge in [-0.2, -0.15) is 0 Å². The number of hydroxylamine groups is 4.